The van der Waals surface area contributed by atoms with E-state index in [9.17, 15) is 4.79 Å². The van der Waals surface area contributed by atoms with Gasteiger partial charge in [0, 0.05) is 25.3 Å². The van der Waals surface area contributed by atoms with Gasteiger partial charge >= 0.3 is 0 Å². The molecule has 1 aromatic rings. The first kappa shape index (κ1) is 15.6. The zero-order valence-electron chi connectivity index (χ0n) is 12.3. The Hall–Kier alpha value is -1.83. The maximum absolute atomic E-state index is 12.3. The van der Waals surface area contributed by atoms with Crippen molar-refractivity contribution >= 4 is 5.91 Å². The highest BCUT2D eigenvalue weighted by Gasteiger charge is 2.28. The first-order valence-electron chi connectivity index (χ1n) is 7.19. The number of nitrogens with one attached hydrogen (secondary N) is 1. The van der Waals surface area contributed by atoms with Gasteiger partial charge in [0.25, 0.3) is 5.91 Å². The third kappa shape index (κ3) is 4.32. The number of hydrogen-bond acceptors (Lipinski definition) is 3. The number of aliphatic hydroxyl groups is 1. The second kappa shape index (κ2) is 7.26. The van der Waals surface area contributed by atoms with Crippen molar-refractivity contribution in [2.24, 2.45) is 5.41 Å². The molecule has 4 heteroatoms. The monoisotopic (exact) mass is 287 g/mol. The highest BCUT2D eigenvalue weighted by Crippen LogP contribution is 2.28. The second-order valence-corrected chi connectivity index (χ2v) is 5.61. The van der Waals surface area contributed by atoms with E-state index in [1.807, 2.05) is 12.1 Å². The number of ether oxygens (including phenoxy) is 1. The van der Waals surface area contributed by atoms with Gasteiger partial charge < -0.3 is 15.2 Å². The van der Waals surface area contributed by atoms with Crippen molar-refractivity contribution < 1.29 is 14.6 Å². The van der Waals surface area contributed by atoms with Gasteiger partial charge in [-0.2, -0.15) is 0 Å². The summed E-state index contributed by atoms with van der Waals surface area (Å²) in [5, 5.41) is 11.8. The molecule has 2 rings (SSSR count). The molecule has 4 nitrogen and oxygen atoms in total. The van der Waals surface area contributed by atoms with Crippen molar-refractivity contribution in [1.82, 2.24) is 5.32 Å². The molecule has 1 aliphatic rings. The van der Waals surface area contributed by atoms with E-state index in [0.717, 1.165) is 26.1 Å². The molecular formula is C17H21NO3. The predicted molar refractivity (Wildman–Crippen MR) is 80.9 cm³/mol. The fourth-order valence-corrected chi connectivity index (χ4v) is 2.35. The maximum Gasteiger partial charge on any atom is 0.252 e. The van der Waals surface area contributed by atoms with E-state index in [-0.39, 0.29) is 17.9 Å². The largest absolute Gasteiger partial charge is 0.384 e. The highest BCUT2D eigenvalue weighted by atomic mass is 16.5. The van der Waals surface area contributed by atoms with Crippen LogP contribution in [0.25, 0.3) is 0 Å². The van der Waals surface area contributed by atoms with Crippen LogP contribution in [-0.2, 0) is 4.74 Å². The van der Waals surface area contributed by atoms with Crippen molar-refractivity contribution in [2.75, 3.05) is 26.4 Å². The Morgan fingerprint density at radius 2 is 2.10 bits per heavy atom. The SMILES string of the molecule is CC1(CNC(=O)c2ccccc2C#CCO)CCOCC1. The van der Waals surface area contributed by atoms with Crippen LogP contribution in [0.15, 0.2) is 24.3 Å². The Morgan fingerprint density at radius 3 is 2.81 bits per heavy atom. The number of amides is 1. The number of benzene rings is 1. The zero-order valence-corrected chi connectivity index (χ0v) is 12.3. The van der Waals surface area contributed by atoms with Crippen LogP contribution >= 0.6 is 0 Å². The molecule has 1 heterocycles. The highest BCUT2D eigenvalue weighted by molar-refractivity contribution is 5.96. The lowest BCUT2D eigenvalue weighted by Crippen LogP contribution is -2.39. The van der Waals surface area contributed by atoms with E-state index in [4.69, 9.17) is 9.84 Å². The summed E-state index contributed by atoms with van der Waals surface area (Å²) in [5.74, 6) is 5.27. The van der Waals surface area contributed by atoms with Crippen LogP contribution in [0.1, 0.15) is 35.7 Å². The van der Waals surface area contributed by atoms with Gasteiger partial charge in [-0.05, 0) is 30.4 Å². The van der Waals surface area contributed by atoms with E-state index in [0.29, 0.717) is 17.7 Å². The lowest BCUT2D eigenvalue weighted by Gasteiger charge is -2.33. The number of aliphatic hydroxyl groups excluding tert-OH is 1. The van der Waals surface area contributed by atoms with Gasteiger partial charge in [-0.1, -0.05) is 30.9 Å². The molecule has 112 valence electrons. The Balaban J connectivity index is 2.03. The summed E-state index contributed by atoms with van der Waals surface area (Å²) in [5.41, 5.74) is 1.29. The summed E-state index contributed by atoms with van der Waals surface area (Å²) in [4.78, 5) is 12.3. The molecule has 0 radical (unpaired) electrons. The topological polar surface area (TPSA) is 58.6 Å². The zero-order chi connectivity index (χ0) is 15.1. The van der Waals surface area contributed by atoms with Crippen molar-refractivity contribution in [3.8, 4) is 11.8 Å². The third-order valence-corrected chi connectivity index (χ3v) is 3.85. The molecule has 1 aliphatic heterocycles. The molecule has 0 saturated carbocycles. The molecular weight excluding hydrogens is 266 g/mol. The van der Waals surface area contributed by atoms with Gasteiger partial charge in [-0.15, -0.1) is 0 Å². The minimum absolute atomic E-state index is 0.0969. The third-order valence-electron chi connectivity index (χ3n) is 3.85. The van der Waals surface area contributed by atoms with Gasteiger partial charge in [-0.3, -0.25) is 4.79 Å². The molecule has 0 atom stereocenters. The normalized spacial score (nSPS) is 16.7. The summed E-state index contributed by atoms with van der Waals surface area (Å²) < 4.78 is 5.37. The Bertz CT molecular complexity index is 551. The summed E-state index contributed by atoms with van der Waals surface area (Å²) in [6.07, 6.45) is 1.92. The molecule has 0 aromatic heterocycles. The van der Waals surface area contributed by atoms with Gasteiger partial charge in [0.2, 0.25) is 0 Å². The number of hydrogen-bond donors (Lipinski definition) is 2. The molecule has 1 amide bonds. The quantitative estimate of drug-likeness (QED) is 0.830. The van der Waals surface area contributed by atoms with Crippen LogP contribution < -0.4 is 5.32 Å². The Morgan fingerprint density at radius 1 is 1.38 bits per heavy atom. The molecule has 1 aromatic carbocycles. The molecule has 1 fully saturated rings. The fraction of sp³-hybridized carbons (Fsp3) is 0.471. The standard InChI is InChI=1S/C17H21NO3/c1-17(8-11-21-12-9-17)13-18-16(20)15-7-3-2-5-14(15)6-4-10-19/h2-3,5,7,19H,8-13H2,1H3,(H,18,20). The van der Waals surface area contributed by atoms with E-state index < -0.39 is 0 Å². The van der Waals surface area contributed by atoms with Crippen LogP contribution in [0.2, 0.25) is 0 Å². The van der Waals surface area contributed by atoms with Gasteiger partial charge in [0.1, 0.15) is 6.61 Å². The maximum atomic E-state index is 12.3. The van der Waals surface area contributed by atoms with E-state index in [2.05, 4.69) is 24.1 Å². The summed E-state index contributed by atoms with van der Waals surface area (Å²) >= 11 is 0. The van der Waals surface area contributed by atoms with Gasteiger partial charge in [0.05, 0.1) is 5.56 Å². The van der Waals surface area contributed by atoms with Crippen LogP contribution in [0, 0.1) is 17.3 Å². The van der Waals surface area contributed by atoms with E-state index >= 15 is 0 Å². The smallest absolute Gasteiger partial charge is 0.252 e. The minimum Gasteiger partial charge on any atom is -0.384 e. The lowest BCUT2D eigenvalue weighted by atomic mass is 9.82. The van der Waals surface area contributed by atoms with Crippen molar-refractivity contribution in [3.63, 3.8) is 0 Å². The van der Waals surface area contributed by atoms with Crippen LogP contribution in [0.3, 0.4) is 0 Å². The summed E-state index contributed by atoms with van der Waals surface area (Å²) in [6, 6.07) is 7.18. The van der Waals surface area contributed by atoms with E-state index in [1.165, 1.54) is 0 Å². The number of rotatable bonds is 3. The van der Waals surface area contributed by atoms with Crippen LogP contribution in [0.5, 0.6) is 0 Å². The fourth-order valence-electron chi connectivity index (χ4n) is 2.35. The molecule has 0 unspecified atom stereocenters. The average molecular weight is 287 g/mol. The molecule has 1 saturated heterocycles. The lowest BCUT2D eigenvalue weighted by molar-refractivity contribution is 0.0238. The Labute approximate surface area is 125 Å². The van der Waals surface area contributed by atoms with Crippen LogP contribution in [0.4, 0.5) is 0 Å². The first-order valence-corrected chi connectivity index (χ1v) is 7.19. The molecule has 21 heavy (non-hydrogen) atoms. The first-order chi connectivity index (χ1) is 10.1. The van der Waals surface area contributed by atoms with Gasteiger partial charge in [-0.25, -0.2) is 0 Å². The van der Waals surface area contributed by atoms with Crippen molar-refractivity contribution in [1.29, 1.82) is 0 Å². The molecule has 0 bridgehead atoms. The van der Waals surface area contributed by atoms with E-state index in [1.54, 1.807) is 12.1 Å². The van der Waals surface area contributed by atoms with Crippen molar-refractivity contribution in [2.45, 2.75) is 19.8 Å². The second-order valence-electron chi connectivity index (χ2n) is 5.61. The summed E-state index contributed by atoms with van der Waals surface area (Å²) in [6.45, 7) is 4.11. The Kier molecular flexibility index (Phi) is 5.38. The number of carbonyl (C=O) groups excluding carboxylic acids is 1. The molecule has 0 aliphatic carbocycles. The summed E-state index contributed by atoms with van der Waals surface area (Å²) in [7, 11) is 0. The van der Waals surface area contributed by atoms with Crippen LogP contribution in [-0.4, -0.2) is 37.4 Å². The minimum atomic E-state index is -0.214. The average Bonchev–Trinajstić information content (AvgIpc) is 2.52. The van der Waals surface area contributed by atoms with Gasteiger partial charge in [0.15, 0.2) is 0 Å². The molecule has 0 spiro atoms. The molecule has 2 N–H and O–H groups in total. The number of carbonyl (C=O) groups is 1. The predicted octanol–water partition coefficient (Wildman–Crippen LogP) is 1.58. The van der Waals surface area contributed by atoms with Crippen molar-refractivity contribution in [3.05, 3.63) is 35.4 Å².